The van der Waals surface area contributed by atoms with Crippen molar-refractivity contribution >= 4 is 0 Å². The Morgan fingerprint density at radius 2 is 1.62 bits per heavy atom. The topological polar surface area (TPSA) is 13.7 Å². The summed E-state index contributed by atoms with van der Waals surface area (Å²) in [5.41, 5.74) is 5.09. The zero-order valence-corrected chi connectivity index (χ0v) is 13.5. The molecule has 0 spiro atoms. The van der Waals surface area contributed by atoms with Gasteiger partial charge in [0.1, 0.15) is 12.6 Å². The van der Waals surface area contributed by atoms with Crippen molar-refractivity contribution < 1.29 is 9.64 Å². The zero-order valence-electron chi connectivity index (χ0n) is 13.5. The second-order valence-corrected chi connectivity index (χ2v) is 5.96. The monoisotopic (exact) mass is 284 g/mol. The summed E-state index contributed by atoms with van der Waals surface area (Å²) in [5, 5.41) is 0. The van der Waals surface area contributed by atoms with E-state index in [1.165, 1.54) is 27.2 Å². The first kappa shape index (κ1) is 15.7. The molecule has 0 amide bonds. The Bertz CT molecular complexity index is 563. The average molecular weight is 284 g/mol. The molecule has 0 unspecified atom stereocenters. The summed E-state index contributed by atoms with van der Waals surface area (Å²) in [6.07, 6.45) is 0.0184. The van der Waals surface area contributed by atoms with Gasteiger partial charge in [-0.25, -0.2) is 0 Å². The van der Waals surface area contributed by atoms with Crippen LogP contribution in [0.3, 0.4) is 0 Å². The fraction of sp³-hybridized carbons (Fsp3) is 0.368. The van der Waals surface area contributed by atoms with Gasteiger partial charge in [0.05, 0.1) is 20.7 Å². The number of benzene rings is 2. The SMILES string of the molecule is Cc1ccc([C@H](OCC[NH+](C)C)c2ccccc2)cc1C. The molecule has 0 saturated carbocycles. The van der Waals surface area contributed by atoms with Crippen molar-refractivity contribution in [3.8, 4) is 0 Å². The maximum Gasteiger partial charge on any atom is 0.108 e. The van der Waals surface area contributed by atoms with Crippen LogP contribution < -0.4 is 4.90 Å². The van der Waals surface area contributed by atoms with Crippen LogP contribution in [-0.2, 0) is 4.74 Å². The van der Waals surface area contributed by atoms with Crippen LogP contribution in [0, 0.1) is 13.8 Å². The van der Waals surface area contributed by atoms with Gasteiger partial charge < -0.3 is 9.64 Å². The second kappa shape index (κ2) is 7.39. The summed E-state index contributed by atoms with van der Waals surface area (Å²) in [6, 6.07) is 17.1. The molecule has 2 aromatic rings. The van der Waals surface area contributed by atoms with E-state index in [-0.39, 0.29) is 6.10 Å². The third-order valence-electron chi connectivity index (χ3n) is 3.82. The van der Waals surface area contributed by atoms with Crippen molar-refractivity contribution in [2.45, 2.75) is 20.0 Å². The number of ether oxygens (including phenoxy) is 1. The molecule has 21 heavy (non-hydrogen) atoms. The molecule has 0 aliphatic rings. The van der Waals surface area contributed by atoms with Crippen LogP contribution in [0.15, 0.2) is 48.5 Å². The molecule has 0 aliphatic carbocycles. The molecule has 0 radical (unpaired) electrons. The van der Waals surface area contributed by atoms with Gasteiger partial charge in [0.15, 0.2) is 0 Å². The average Bonchev–Trinajstić information content (AvgIpc) is 2.47. The van der Waals surface area contributed by atoms with Gasteiger partial charge in [0, 0.05) is 0 Å². The zero-order chi connectivity index (χ0) is 15.2. The summed E-state index contributed by atoms with van der Waals surface area (Å²) in [5.74, 6) is 0. The van der Waals surface area contributed by atoms with E-state index in [0.29, 0.717) is 0 Å². The van der Waals surface area contributed by atoms with Gasteiger partial charge in [-0.3, -0.25) is 0 Å². The molecule has 1 atom stereocenters. The minimum atomic E-state index is 0.0184. The molecule has 0 aliphatic heterocycles. The number of nitrogens with one attached hydrogen (secondary N) is 1. The molecule has 0 saturated heterocycles. The standard InChI is InChI=1S/C19H25NO/c1-15-10-11-18(14-16(15)2)19(21-13-12-20(3)4)17-8-6-5-7-9-17/h5-11,14,19H,12-13H2,1-4H3/p+1/t19-/m1/s1. The molecule has 0 fully saturated rings. The highest BCUT2D eigenvalue weighted by Gasteiger charge is 2.15. The van der Waals surface area contributed by atoms with E-state index in [1.54, 1.807) is 0 Å². The van der Waals surface area contributed by atoms with Crippen molar-refractivity contribution in [2.24, 2.45) is 0 Å². The first-order valence-corrected chi connectivity index (χ1v) is 7.60. The van der Waals surface area contributed by atoms with E-state index in [0.717, 1.165) is 13.2 Å². The Balaban J connectivity index is 2.24. The lowest BCUT2D eigenvalue weighted by atomic mass is 9.98. The van der Waals surface area contributed by atoms with Gasteiger partial charge in [0.2, 0.25) is 0 Å². The Kier molecular flexibility index (Phi) is 5.54. The van der Waals surface area contributed by atoms with Crippen molar-refractivity contribution in [1.82, 2.24) is 0 Å². The Morgan fingerprint density at radius 3 is 2.24 bits per heavy atom. The largest absolute Gasteiger partial charge is 0.363 e. The summed E-state index contributed by atoms with van der Waals surface area (Å²) in [4.78, 5) is 1.40. The smallest absolute Gasteiger partial charge is 0.108 e. The van der Waals surface area contributed by atoms with Crippen LogP contribution >= 0.6 is 0 Å². The first-order chi connectivity index (χ1) is 10.1. The predicted molar refractivity (Wildman–Crippen MR) is 87.8 cm³/mol. The maximum atomic E-state index is 6.20. The normalized spacial score (nSPS) is 12.6. The number of hydrogen-bond acceptors (Lipinski definition) is 1. The van der Waals surface area contributed by atoms with E-state index >= 15 is 0 Å². The lowest BCUT2D eigenvalue weighted by Crippen LogP contribution is -3.06. The number of quaternary nitrogens is 1. The molecular formula is C19H26NO+. The third kappa shape index (κ3) is 4.42. The first-order valence-electron chi connectivity index (χ1n) is 7.60. The molecule has 0 heterocycles. The van der Waals surface area contributed by atoms with E-state index in [9.17, 15) is 0 Å². The van der Waals surface area contributed by atoms with E-state index in [4.69, 9.17) is 4.74 Å². The Morgan fingerprint density at radius 1 is 0.905 bits per heavy atom. The van der Waals surface area contributed by atoms with Gasteiger partial charge >= 0.3 is 0 Å². The van der Waals surface area contributed by atoms with Gasteiger partial charge in [-0.1, -0.05) is 48.5 Å². The number of rotatable bonds is 6. The number of aryl methyl sites for hydroxylation is 2. The van der Waals surface area contributed by atoms with Crippen LogP contribution in [0.4, 0.5) is 0 Å². The molecular weight excluding hydrogens is 258 g/mol. The fourth-order valence-electron chi connectivity index (χ4n) is 2.32. The fourth-order valence-corrected chi connectivity index (χ4v) is 2.32. The molecule has 2 heteroatoms. The van der Waals surface area contributed by atoms with Crippen molar-refractivity contribution in [3.63, 3.8) is 0 Å². The number of hydrogen-bond donors (Lipinski definition) is 1. The maximum absolute atomic E-state index is 6.20. The predicted octanol–water partition coefficient (Wildman–Crippen LogP) is 2.55. The van der Waals surface area contributed by atoms with Crippen LogP contribution in [-0.4, -0.2) is 27.2 Å². The summed E-state index contributed by atoms with van der Waals surface area (Å²) >= 11 is 0. The summed E-state index contributed by atoms with van der Waals surface area (Å²) in [7, 11) is 4.30. The van der Waals surface area contributed by atoms with Gasteiger partial charge in [0.25, 0.3) is 0 Å². The van der Waals surface area contributed by atoms with E-state index < -0.39 is 0 Å². The highest BCUT2D eigenvalue weighted by atomic mass is 16.5. The molecule has 112 valence electrons. The highest BCUT2D eigenvalue weighted by molar-refractivity contribution is 5.36. The minimum Gasteiger partial charge on any atom is -0.363 e. The molecule has 2 rings (SSSR count). The van der Waals surface area contributed by atoms with Crippen LogP contribution in [0.25, 0.3) is 0 Å². The van der Waals surface area contributed by atoms with Gasteiger partial charge in [-0.05, 0) is 36.1 Å². The van der Waals surface area contributed by atoms with Crippen LogP contribution in [0.5, 0.6) is 0 Å². The van der Waals surface area contributed by atoms with Crippen molar-refractivity contribution in [1.29, 1.82) is 0 Å². The summed E-state index contributed by atoms with van der Waals surface area (Å²) < 4.78 is 6.20. The van der Waals surface area contributed by atoms with Gasteiger partial charge in [-0.15, -0.1) is 0 Å². The summed E-state index contributed by atoms with van der Waals surface area (Å²) in [6.45, 7) is 6.07. The van der Waals surface area contributed by atoms with Crippen molar-refractivity contribution in [2.75, 3.05) is 27.2 Å². The van der Waals surface area contributed by atoms with E-state index in [1.807, 2.05) is 6.07 Å². The number of likely N-dealkylation sites (N-methyl/N-ethyl adjacent to an activating group) is 1. The quantitative estimate of drug-likeness (QED) is 0.861. The molecule has 0 bridgehead atoms. The molecule has 1 N–H and O–H groups in total. The lowest BCUT2D eigenvalue weighted by Gasteiger charge is -2.20. The van der Waals surface area contributed by atoms with Crippen LogP contribution in [0.1, 0.15) is 28.4 Å². The third-order valence-corrected chi connectivity index (χ3v) is 3.82. The Hall–Kier alpha value is -1.64. The molecule has 2 nitrogen and oxygen atoms in total. The van der Waals surface area contributed by atoms with Gasteiger partial charge in [-0.2, -0.15) is 0 Å². The molecule has 0 aromatic heterocycles. The van der Waals surface area contributed by atoms with E-state index in [2.05, 4.69) is 70.4 Å². The minimum absolute atomic E-state index is 0.0184. The van der Waals surface area contributed by atoms with Crippen LogP contribution in [0.2, 0.25) is 0 Å². The lowest BCUT2D eigenvalue weighted by molar-refractivity contribution is -0.858. The Labute approximate surface area is 128 Å². The highest BCUT2D eigenvalue weighted by Crippen LogP contribution is 2.27. The van der Waals surface area contributed by atoms with Crippen molar-refractivity contribution in [3.05, 3.63) is 70.8 Å². The molecule has 2 aromatic carbocycles. The second-order valence-electron chi connectivity index (χ2n) is 5.96.